The first-order valence-electron chi connectivity index (χ1n) is 6.11. The van der Waals surface area contributed by atoms with E-state index in [4.69, 9.17) is 0 Å². The zero-order valence-electron chi connectivity index (χ0n) is 10.1. The predicted octanol–water partition coefficient (Wildman–Crippen LogP) is 2.50. The molecule has 2 rings (SSSR count). The first-order chi connectivity index (χ1) is 7.59. The molecule has 1 aromatic rings. The van der Waals surface area contributed by atoms with Crippen molar-refractivity contribution in [2.45, 2.75) is 52.1 Å². The number of phenols is 1. The summed E-state index contributed by atoms with van der Waals surface area (Å²) in [5, 5.41) is 19.5. The van der Waals surface area contributed by atoms with Crippen molar-refractivity contribution in [2.24, 2.45) is 0 Å². The van der Waals surface area contributed by atoms with Gasteiger partial charge in [-0.15, -0.1) is 0 Å². The first kappa shape index (κ1) is 11.5. The molecule has 0 heterocycles. The van der Waals surface area contributed by atoms with E-state index in [0.717, 1.165) is 18.4 Å². The summed E-state index contributed by atoms with van der Waals surface area (Å²) in [6, 6.07) is 1.85. The summed E-state index contributed by atoms with van der Waals surface area (Å²) in [5.74, 6) is 0.360. The van der Waals surface area contributed by atoms with Gasteiger partial charge in [-0.1, -0.05) is 0 Å². The molecule has 0 saturated carbocycles. The van der Waals surface area contributed by atoms with Crippen molar-refractivity contribution in [1.29, 1.82) is 0 Å². The summed E-state index contributed by atoms with van der Waals surface area (Å²) in [5.41, 5.74) is 4.86. The van der Waals surface area contributed by atoms with Gasteiger partial charge in [0, 0.05) is 6.42 Å². The van der Waals surface area contributed by atoms with Gasteiger partial charge in [0.2, 0.25) is 0 Å². The number of hydrogen-bond acceptors (Lipinski definition) is 2. The number of fused-ring (bicyclic) bond motifs is 1. The molecule has 1 unspecified atom stereocenters. The number of rotatable bonds is 2. The van der Waals surface area contributed by atoms with Crippen LogP contribution in [-0.2, 0) is 19.3 Å². The van der Waals surface area contributed by atoms with E-state index in [2.05, 4.69) is 6.92 Å². The minimum absolute atomic E-state index is 0.360. The summed E-state index contributed by atoms with van der Waals surface area (Å²) in [7, 11) is 0. The second-order valence-electron chi connectivity index (χ2n) is 4.91. The first-order valence-corrected chi connectivity index (χ1v) is 6.11. The highest BCUT2D eigenvalue weighted by Crippen LogP contribution is 2.33. The van der Waals surface area contributed by atoms with Crippen LogP contribution in [0.5, 0.6) is 5.75 Å². The molecule has 1 aliphatic rings. The summed E-state index contributed by atoms with van der Waals surface area (Å²) >= 11 is 0. The molecule has 0 bridgehead atoms. The van der Waals surface area contributed by atoms with Crippen LogP contribution in [0, 0.1) is 6.92 Å². The highest BCUT2D eigenvalue weighted by atomic mass is 16.3. The van der Waals surface area contributed by atoms with Gasteiger partial charge >= 0.3 is 0 Å². The van der Waals surface area contributed by atoms with Crippen LogP contribution in [0.3, 0.4) is 0 Å². The van der Waals surface area contributed by atoms with Crippen molar-refractivity contribution in [3.8, 4) is 5.75 Å². The fourth-order valence-electron chi connectivity index (χ4n) is 2.73. The summed E-state index contributed by atoms with van der Waals surface area (Å²) < 4.78 is 0. The molecule has 1 aromatic carbocycles. The molecule has 0 aliphatic heterocycles. The monoisotopic (exact) mass is 220 g/mol. The molecule has 2 heteroatoms. The van der Waals surface area contributed by atoms with Crippen LogP contribution in [0.2, 0.25) is 0 Å². The number of hydrogen-bond donors (Lipinski definition) is 2. The fourth-order valence-corrected chi connectivity index (χ4v) is 2.73. The van der Waals surface area contributed by atoms with E-state index >= 15 is 0 Å². The standard InChI is InChI=1S/C14H20O2/c1-9-7-14(16)13(8-10(2)15)12-6-4-3-5-11(9)12/h7,10,15-16H,3-6,8H2,1-2H3. The highest BCUT2D eigenvalue weighted by Gasteiger charge is 2.19. The molecule has 0 aromatic heterocycles. The van der Waals surface area contributed by atoms with Crippen LogP contribution >= 0.6 is 0 Å². The van der Waals surface area contributed by atoms with Crippen LogP contribution in [0.25, 0.3) is 0 Å². The summed E-state index contributed by atoms with van der Waals surface area (Å²) in [6.45, 7) is 3.84. The number of aryl methyl sites for hydroxylation is 1. The molecule has 0 spiro atoms. The van der Waals surface area contributed by atoms with Crippen molar-refractivity contribution in [1.82, 2.24) is 0 Å². The molecule has 1 atom stereocenters. The van der Waals surface area contributed by atoms with Crippen molar-refractivity contribution >= 4 is 0 Å². The van der Waals surface area contributed by atoms with Crippen molar-refractivity contribution in [3.05, 3.63) is 28.3 Å². The molecule has 2 nitrogen and oxygen atoms in total. The minimum Gasteiger partial charge on any atom is -0.508 e. The van der Waals surface area contributed by atoms with Crippen LogP contribution in [0.1, 0.15) is 42.0 Å². The van der Waals surface area contributed by atoms with E-state index in [1.165, 1.54) is 29.5 Å². The van der Waals surface area contributed by atoms with Crippen LogP contribution in [0.4, 0.5) is 0 Å². The smallest absolute Gasteiger partial charge is 0.119 e. The third-order valence-corrected chi connectivity index (χ3v) is 3.47. The number of aromatic hydroxyl groups is 1. The maximum atomic E-state index is 9.99. The van der Waals surface area contributed by atoms with Gasteiger partial charge in [0.15, 0.2) is 0 Å². The zero-order chi connectivity index (χ0) is 11.7. The average molecular weight is 220 g/mol. The zero-order valence-corrected chi connectivity index (χ0v) is 10.1. The van der Waals surface area contributed by atoms with Crippen LogP contribution in [0.15, 0.2) is 6.07 Å². The Labute approximate surface area is 96.9 Å². The molecule has 1 aliphatic carbocycles. The van der Waals surface area contributed by atoms with Gasteiger partial charge in [-0.3, -0.25) is 0 Å². The fraction of sp³-hybridized carbons (Fsp3) is 0.571. The van der Waals surface area contributed by atoms with Gasteiger partial charge in [-0.25, -0.2) is 0 Å². The Morgan fingerprint density at radius 1 is 1.25 bits per heavy atom. The second-order valence-corrected chi connectivity index (χ2v) is 4.91. The van der Waals surface area contributed by atoms with E-state index in [1.807, 2.05) is 6.07 Å². The Morgan fingerprint density at radius 2 is 1.88 bits per heavy atom. The van der Waals surface area contributed by atoms with Gasteiger partial charge < -0.3 is 10.2 Å². The number of aliphatic hydroxyl groups is 1. The van der Waals surface area contributed by atoms with Crippen molar-refractivity contribution in [3.63, 3.8) is 0 Å². The molecule has 0 saturated heterocycles. The third-order valence-electron chi connectivity index (χ3n) is 3.47. The van der Waals surface area contributed by atoms with Crippen molar-refractivity contribution < 1.29 is 10.2 Å². The Balaban J connectivity index is 2.50. The van der Waals surface area contributed by atoms with Crippen molar-refractivity contribution in [2.75, 3.05) is 0 Å². The van der Waals surface area contributed by atoms with Gasteiger partial charge in [-0.05, 0) is 67.9 Å². The Hall–Kier alpha value is -1.02. The molecule has 0 radical (unpaired) electrons. The normalized spacial score (nSPS) is 16.9. The Kier molecular flexibility index (Phi) is 3.20. The van der Waals surface area contributed by atoms with Crippen LogP contribution < -0.4 is 0 Å². The van der Waals surface area contributed by atoms with Gasteiger partial charge in [0.05, 0.1) is 6.10 Å². The molecule has 0 fully saturated rings. The summed E-state index contributed by atoms with van der Waals surface area (Å²) in [6.07, 6.45) is 4.78. The van der Waals surface area contributed by atoms with E-state index in [0.29, 0.717) is 12.2 Å². The van der Waals surface area contributed by atoms with Crippen LogP contribution in [-0.4, -0.2) is 16.3 Å². The lowest BCUT2D eigenvalue weighted by atomic mass is 9.83. The van der Waals surface area contributed by atoms with Gasteiger partial charge in [0.25, 0.3) is 0 Å². The van der Waals surface area contributed by atoms with E-state index in [-0.39, 0.29) is 6.10 Å². The van der Waals surface area contributed by atoms with E-state index in [9.17, 15) is 10.2 Å². The lowest BCUT2D eigenvalue weighted by Gasteiger charge is -2.23. The summed E-state index contributed by atoms with van der Waals surface area (Å²) in [4.78, 5) is 0. The third kappa shape index (κ3) is 2.07. The lowest BCUT2D eigenvalue weighted by Crippen LogP contribution is -2.13. The van der Waals surface area contributed by atoms with E-state index in [1.54, 1.807) is 6.92 Å². The lowest BCUT2D eigenvalue weighted by molar-refractivity contribution is 0.194. The predicted molar refractivity (Wildman–Crippen MR) is 64.9 cm³/mol. The average Bonchev–Trinajstić information content (AvgIpc) is 2.24. The SMILES string of the molecule is Cc1cc(O)c(CC(C)O)c2c1CCCC2. The quantitative estimate of drug-likeness (QED) is 0.804. The molecule has 0 amide bonds. The Morgan fingerprint density at radius 3 is 2.50 bits per heavy atom. The van der Waals surface area contributed by atoms with E-state index < -0.39 is 0 Å². The topological polar surface area (TPSA) is 40.5 Å². The van der Waals surface area contributed by atoms with Gasteiger partial charge in [-0.2, -0.15) is 0 Å². The molecule has 88 valence electrons. The molecule has 2 N–H and O–H groups in total. The number of benzene rings is 1. The minimum atomic E-state index is -0.389. The van der Waals surface area contributed by atoms with Gasteiger partial charge in [0.1, 0.15) is 5.75 Å². The Bertz CT molecular complexity index is 394. The second kappa shape index (κ2) is 4.46. The maximum Gasteiger partial charge on any atom is 0.119 e. The largest absolute Gasteiger partial charge is 0.508 e. The molecular weight excluding hydrogens is 200 g/mol. The molecular formula is C14H20O2. The number of aliphatic hydroxyl groups excluding tert-OH is 1. The molecule has 16 heavy (non-hydrogen) atoms. The highest BCUT2D eigenvalue weighted by molar-refractivity contribution is 5.50. The maximum absolute atomic E-state index is 9.99. The number of phenolic OH excluding ortho intramolecular Hbond substituents is 1.